The van der Waals surface area contributed by atoms with Crippen LogP contribution in [0.5, 0.6) is 0 Å². The van der Waals surface area contributed by atoms with E-state index in [1.54, 1.807) is 12.1 Å². The van der Waals surface area contributed by atoms with Crippen LogP contribution in [0.1, 0.15) is 10.4 Å². The van der Waals surface area contributed by atoms with Crippen LogP contribution < -0.4 is 5.73 Å². The molecular formula is C22H21N5O2. The van der Waals surface area contributed by atoms with Crippen LogP contribution in [-0.2, 0) is 6.54 Å². The molecule has 2 aromatic carbocycles. The Morgan fingerprint density at radius 2 is 2.07 bits per heavy atom. The molecule has 0 saturated carbocycles. The molecule has 5 rings (SSSR count). The summed E-state index contributed by atoms with van der Waals surface area (Å²) in [6, 6.07) is 11.1. The van der Waals surface area contributed by atoms with Crippen LogP contribution in [0.4, 0.5) is 5.82 Å². The summed E-state index contributed by atoms with van der Waals surface area (Å²) >= 11 is 0. The van der Waals surface area contributed by atoms with Crippen molar-refractivity contribution >= 4 is 33.6 Å². The first kappa shape index (κ1) is 17.6. The zero-order valence-corrected chi connectivity index (χ0v) is 16.0. The zero-order valence-electron chi connectivity index (χ0n) is 16.0. The number of fused-ring (bicyclic) bond motifs is 2. The highest BCUT2D eigenvalue weighted by molar-refractivity contribution is 6.06. The highest BCUT2D eigenvalue weighted by Gasteiger charge is 2.25. The van der Waals surface area contributed by atoms with E-state index in [0.29, 0.717) is 22.7 Å². The van der Waals surface area contributed by atoms with Crippen LogP contribution >= 0.6 is 0 Å². The fourth-order valence-corrected chi connectivity index (χ4v) is 4.36. The van der Waals surface area contributed by atoms with E-state index >= 15 is 0 Å². The number of anilines is 1. The summed E-state index contributed by atoms with van der Waals surface area (Å²) in [4.78, 5) is 22.5. The molecule has 1 aliphatic heterocycles. The van der Waals surface area contributed by atoms with Gasteiger partial charge in [0.1, 0.15) is 17.8 Å². The van der Waals surface area contributed by atoms with E-state index in [-0.39, 0.29) is 0 Å². The van der Waals surface area contributed by atoms with Crippen LogP contribution in [0.25, 0.3) is 32.9 Å². The monoisotopic (exact) mass is 387 g/mol. The van der Waals surface area contributed by atoms with Crippen LogP contribution in [0.3, 0.4) is 0 Å². The number of likely N-dealkylation sites (tertiary alicyclic amines) is 1. The molecule has 0 aliphatic carbocycles. The Labute approximate surface area is 167 Å². The molecule has 1 fully saturated rings. The number of aromatic nitrogens is 3. The topological polar surface area (TPSA) is 97.3 Å². The molecule has 0 radical (unpaired) electrons. The lowest BCUT2D eigenvalue weighted by Gasteiger charge is -2.36. The number of nitrogens with two attached hydrogens (primary N) is 1. The van der Waals surface area contributed by atoms with Crippen LogP contribution in [0.2, 0.25) is 0 Å². The summed E-state index contributed by atoms with van der Waals surface area (Å²) in [5.74, 6) is 0.117. The van der Waals surface area contributed by atoms with E-state index < -0.39 is 5.97 Å². The summed E-state index contributed by atoms with van der Waals surface area (Å²) in [5, 5.41) is 11.9. The van der Waals surface area contributed by atoms with Crippen molar-refractivity contribution in [1.82, 2.24) is 19.4 Å². The van der Waals surface area contributed by atoms with Crippen molar-refractivity contribution in [2.75, 3.05) is 25.9 Å². The number of aromatic carboxylic acids is 1. The number of hydrogen-bond donors (Lipinski definition) is 2. The van der Waals surface area contributed by atoms with Crippen molar-refractivity contribution in [1.29, 1.82) is 0 Å². The molecule has 7 heteroatoms. The van der Waals surface area contributed by atoms with Crippen molar-refractivity contribution in [3.63, 3.8) is 0 Å². The van der Waals surface area contributed by atoms with E-state index in [1.807, 2.05) is 24.3 Å². The molecular weight excluding hydrogens is 366 g/mol. The highest BCUT2D eigenvalue weighted by atomic mass is 16.4. The Kier molecular flexibility index (Phi) is 3.99. The number of hydrogen-bond acceptors (Lipinski definition) is 5. The molecule has 3 N–H and O–H groups in total. The van der Waals surface area contributed by atoms with E-state index in [9.17, 15) is 9.90 Å². The normalized spacial score (nSPS) is 15.1. The Morgan fingerprint density at radius 3 is 2.83 bits per heavy atom. The van der Waals surface area contributed by atoms with E-state index in [2.05, 4.69) is 32.7 Å². The van der Waals surface area contributed by atoms with E-state index in [0.717, 1.165) is 47.2 Å². The second-order valence-corrected chi connectivity index (χ2v) is 7.79. The number of carbonyl (C=O) groups is 1. The third-order valence-corrected chi connectivity index (χ3v) is 5.70. The predicted octanol–water partition coefficient (Wildman–Crippen LogP) is 3.09. The van der Waals surface area contributed by atoms with Gasteiger partial charge in [0.2, 0.25) is 0 Å². The fourth-order valence-electron chi connectivity index (χ4n) is 4.36. The molecule has 0 bridgehead atoms. The van der Waals surface area contributed by atoms with E-state index in [1.165, 1.54) is 6.33 Å². The number of carboxylic acid groups (broad SMARTS) is 1. The molecule has 146 valence electrons. The van der Waals surface area contributed by atoms with Crippen molar-refractivity contribution in [3.05, 3.63) is 54.5 Å². The van der Waals surface area contributed by atoms with Gasteiger partial charge in [-0.05, 0) is 35.5 Å². The van der Waals surface area contributed by atoms with Gasteiger partial charge in [0.05, 0.1) is 10.9 Å². The Hall–Kier alpha value is -3.45. The largest absolute Gasteiger partial charge is 0.478 e. The Balaban J connectivity index is 1.65. The minimum absolute atomic E-state index is 0.299. The second kappa shape index (κ2) is 6.56. The molecule has 0 amide bonds. The average Bonchev–Trinajstić information content (AvgIpc) is 3.06. The van der Waals surface area contributed by atoms with Crippen LogP contribution in [0, 0.1) is 5.92 Å². The highest BCUT2D eigenvalue weighted by Crippen LogP contribution is 2.35. The van der Waals surface area contributed by atoms with E-state index in [4.69, 9.17) is 5.73 Å². The van der Waals surface area contributed by atoms with Crippen LogP contribution in [-0.4, -0.2) is 50.6 Å². The van der Waals surface area contributed by atoms with Gasteiger partial charge in [0, 0.05) is 37.3 Å². The molecule has 0 atom stereocenters. The first-order valence-electron chi connectivity index (χ1n) is 9.55. The number of nitrogen functional groups attached to an aromatic ring is 1. The summed E-state index contributed by atoms with van der Waals surface area (Å²) in [5.41, 5.74) is 9.30. The maximum absolute atomic E-state index is 11.5. The lowest BCUT2D eigenvalue weighted by molar-refractivity contribution is 0.0699. The smallest absolute Gasteiger partial charge is 0.336 e. The van der Waals surface area contributed by atoms with Gasteiger partial charge < -0.3 is 20.3 Å². The fraction of sp³-hybridized carbons (Fsp3) is 0.227. The zero-order chi connectivity index (χ0) is 20.1. The summed E-state index contributed by atoms with van der Waals surface area (Å²) in [7, 11) is 2.12. The predicted molar refractivity (Wildman–Crippen MR) is 113 cm³/mol. The van der Waals surface area contributed by atoms with Gasteiger partial charge in [0.15, 0.2) is 0 Å². The van der Waals surface area contributed by atoms with Crippen molar-refractivity contribution in [3.8, 4) is 11.1 Å². The first-order valence-corrected chi connectivity index (χ1v) is 9.55. The molecule has 0 spiro atoms. The summed E-state index contributed by atoms with van der Waals surface area (Å²) < 4.78 is 2.16. The lowest BCUT2D eigenvalue weighted by atomic mass is 9.98. The third-order valence-electron chi connectivity index (χ3n) is 5.70. The maximum Gasteiger partial charge on any atom is 0.336 e. The van der Waals surface area contributed by atoms with Gasteiger partial charge in [-0.1, -0.05) is 24.3 Å². The number of rotatable bonds is 4. The van der Waals surface area contributed by atoms with Gasteiger partial charge in [-0.25, -0.2) is 14.8 Å². The molecule has 4 aromatic rings. The SMILES string of the molecule is CN1CC(Cn2cc(-c3ccc4c(C(=O)O)cccc4c3)c3c(N)ncnc32)C1. The number of benzene rings is 2. The standard InChI is InChI=1S/C22H21N5O2/c1-26-8-13(9-26)10-27-11-18(19-20(23)24-12-25-21(19)27)15-5-6-16-14(7-15)3-2-4-17(16)22(28)29/h2-7,11-13H,8-10H2,1H3,(H,28,29)(H2,23,24,25). The molecule has 0 unspecified atom stereocenters. The van der Waals surface area contributed by atoms with Crippen molar-refractivity contribution < 1.29 is 9.90 Å². The summed E-state index contributed by atoms with van der Waals surface area (Å²) in [6.07, 6.45) is 3.60. The molecule has 1 aliphatic rings. The lowest BCUT2D eigenvalue weighted by Crippen LogP contribution is -2.45. The van der Waals surface area contributed by atoms with Crippen molar-refractivity contribution in [2.24, 2.45) is 5.92 Å². The van der Waals surface area contributed by atoms with Crippen molar-refractivity contribution in [2.45, 2.75) is 6.54 Å². The maximum atomic E-state index is 11.5. The Morgan fingerprint density at radius 1 is 1.24 bits per heavy atom. The molecule has 7 nitrogen and oxygen atoms in total. The third kappa shape index (κ3) is 2.91. The van der Waals surface area contributed by atoms with Gasteiger partial charge in [-0.15, -0.1) is 0 Å². The average molecular weight is 387 g/mol. The van der Waals surface area contributed by atoms with Gasteiger partial charge in [-0.2, -0.15) is 0 Å². The molecule has 2 aromatic heterocycles. The van der Waals surface area contributed by atoms with Gasteiger partial charge >= 0.3 is 5.97 Å². The van der Waals surface area contributed by atoms with Gasteiger partial charge in [0.25, 0.3) is 0 Å². The number of nitrogens with zero attached hydrogens (tertiary/aromatic N) is 4. The minimum atomic E-state index is -0.928. The first-order chi connectivity index (χ1) is 14.0. The molecule has 3 heterocycles. The Bertz CT molecular complexity index is 1260. The second-order valence-electron chi connectivity index (χ2n) is 7.79. The number of carboxylic acids is 1. The quantitative estimate of drug-likeness (QED) is 0.558. The molecule has 29 heavy (non-hydrogen) atoms. The van der Waals surface area contributed by atoms with Crippen LogP contribution in [0.15, 0.2) is 48.9 Å². The minimum Gasteiger partial charge on any atom is -0.478 e. The summed E-state index contributed by atoms with van der Waals surface area (Å²) in [6.45, 7) is 3.03. The molecule has 1 saturated heterocycles. The van der Waals surface area contributed by atoms with Gasteiger partial charge in [-0.3, -0.25) is 0 Å².